The minimum Gasteiger partial charge on any atom is -0.507 e. The van der Waals surface area contributed by atoms with E-state index in [1.54, 1.807) is 49.6 Å². The van der Waals surface area contributed by atoms with Crippen LogP contribution in [-0.4, -0.2) is 43.2 Å². The van der Waals surface area contributed by atoms with Gasteiger partial charge in [0.05, 0.1) is 7.11 Å². The summed E-state index contributed by atoms with van der Waals surface area (Å²) in [5.41, 5.74) is 1.22. The minimum atomic E-state index is -0.800. The van der Waals surface area contributed by atoms with Crippen molar-refractivity contribution in [2.24, 2.45) is 0 Å². The van der Waals surface area contributed by atoms with Crippen molar-refractivity contribution in [2.45, 2.75) is 18.6 Å². The second kappa shape index (κ2) is 9.96. The number of nitrogens with one attached hydrogen (secondary N) is 1. The minimum absolute atomic E-state index is 0.130. The molecule has 1 amide bonds. The molecule has 0 fully saturated rings. The van der Waals surface area contributed by atoms with Crippen LogP contribution in [0, 0.1) is 0 Å². The monoisotopic (exact) mass is 411 g/mol. The summed E-state index contributed by atoms with van der Waals surface area (Å²) in [5, 5.41) is 23.7. The zero-order chi connectivity index (χ0) is 21.5. The number of hydrogen-bond donors (Lipinski definition) is 3. The molecule has 7 nitrogen and oxygen atoms in total. The van der Waals surface area contributed by atoms with Crippen LogP contribution in [-0.2, 0) is 9.47 Å². The number of ether oxygens (including phenoxy) is 3. The van der Waals surface area contributed by atoms with E-state index in [9.17, 15) is 15.0 Å². The standard InChI is InChI=1S/C23H25NO6/c1-28-16-9-7-15(8-10-16)24-23(27)30-22(21(29-2)13-14-25)19-11-12-20(26)18-6-4-3-5-17(18)19/h3-12,21-22,25-26H,13-14H2,1-2H3,(H,24,27)/t21-,22-/m0/s1. The average molecular weight is 411 g/mol. The zero-order valence-electron chi connectivity index (χ0n) is 16.9. The van der Waals surface area contributed by atoms with Crippen molar-refractivity contribution in [2.75, 3.05) is 26.1 Å². The molecule has 30 heavy (non-hydrogen) atoms. The molecule has 0 saturated carbocycles. The average Bonchev–Trinajstić information content (AvgIpc) is 2.77. The Kier molecular flexibility index (Phi) is 7.11. The van der Waals surface area contributed by atoms with Gasteiger partial charge >= 0.3 is 6.09 Å². The first kappa shape index (κ1) is 21.4. The molecule has 3 rings (SSSR count). The molecular formula is C23H25NO6. The highest BCUT2D eigenvalue weighted by Crippen LogP contribution is 2.35. The molecule has 3 N–H and O–H groups in total. The van der Waals surface area contributed by atoms with Gasteiger partial charge in [-0.3, -0.25) is 5.32 Å². The van der Waals surface area contributed by atoms with E-state index in [0.717, 1.165) is 5.39 Å². The molecule has 0 aliphatic rings. The van der Waals surface area contributed by atoms with E-state index in [-0.39, 0.29) is 18.8 Å². The highest BCUT2D eigenvalue weighted by Gasteiger charge is 2.29. The summed E-state index contributed by atoms with van der Waals surface area (Å²) in [5.74, 6) is 0.802. The van der Waals surface area contributed by atoms with Gasteiger partial charge in [-0.25, -0.2) is 4.79 Å². The van der Waals surface area contributed by atoms with Gasteiger partial charge in [-0.2, -0.15) is 0 Å². The van der Waals surface area contributed by atoms with E-state index in [0.29, 0.717) is 22.4 Å². The number of carbonyl (C=O) groups is 1. The topological polar surface area (TPSA) is 97.3 Å². The number of aliphatic hydroxyl groups is 1. The SMILES string of the molecule is COc1ccc(NC(=O)O[C@@H](c2ccc(O)c3ccccc23)[C@H](CCO)OC)cc1. The lowest BCUT2D eigenvalue weighted by molar-refractivity contribution is -0.0299. The highest BCUT2D eigenvalue weighted by atomic mass is 16.6. The van der Waals surface area contributed by atoms with E-state index in [1.165, 1.54) is 7.11 Å². The number of anilines is 1. The van der Waals surface area contributed by atoms with Gasteiger partial charge in [0.25, 0.3) is 0 Å². The van der Waals surface area contributed by atoms with Gasteiger partial charge < -0.3 is 24.4 Å². The first-order chi connectivity index (χ1) is 14.6. The van der Waals surface area contributed by atoms with Crippen LogP contribution >= 0.6 is 0 Å². The van der Waals surface area contributed by atoms with Crippen molar-refractivity contribution in [1.29, 1.82) is 0 Å². The number of fused-ring (bicyclic) bond motifs is 1. The van der Waals surface area contributed by atoms with Crippen molar-refractivity contribution in [3.8, 4) is 11.5 Å². The molecule has 0 spiro atoms. The Bertz CT molecular complexity index is 989. The fourth-order valence-electron chi connectivity index (χ4n) is 3.35. The van der Waals surface area contributed by atoms with E-state index in [2.05, 4.69) is 5.32 Å². The second-order valence-corrected chi connectivity index (χ2v) is 6.69. The van der Waals surface area contributed by atoms with Gasteiger partial charge in [-0.15, -0.1) is 0 Å². The maximum atomic E-state index is 12.6. The molecular weight excluding hydrogens is 386 g/mol. The third kappa shape index (κ3) is 4.82. The van der Waals surface area contributed by atoms with Gasteiger partial charge in [0.2, 0.25) is 0 Å². The fourth-order valence-corrected chi connectivity index (χ4v) is 3.35. The number of aromatic hydroxyl groups is 1. The van der Waals surface area contributed by atoms with E-state index >= 15 is 0 Å². The summed E-state index contributed by atoms with van der Waals surface area (Å²) < 4.78 is 16.4. The van der Waals surface area contributed by atoms with Gasteiger partial charge in [-0.05, 0) is 35.7 Å². The quantitative estimate of drug-likeness (QED) is 0.513. The molecule has 3 aromatic carbocycles. The molecule has 0 heterocycles. The van der Waals surface area contributed by atoms with Gasteiger partial charge in [0, 0.05) is 36.8 Å². The summed E-state index contributed by atoms with van der Waals surface area (Å²) in [7, 11) is 3.07. The molecule has 0 aliphatic carbocycles. The van der Waals surface area contributed by atoms with Gasteiger partial charge in [0.15, 0.2) is 6.10 Å². The Morgan fingerprint density at radius 1 is 1.00 bits per heavy atom. The van der Waals surface area contributed by atoms with Crippen LogP contribution in [0.4, 0.5) is 10.5 Å². The number of hydrogen-bond acceptors (Lipinski definition) is 6. The van der Waals surface area contributed by atoms with Crippen LogP contribution in [0.15, 0.2) is 60.7 Å². The first-order valence-corrected chi connectivity index (χ1v) is 9.53. The third-order valence-corrected chi connectivity index (χ3v) is 4.87. The van der Waals surface area contributed by atoms with Gasteiger partial charge in [-0.1, -0.05) is 30.3 Å². The maximum absolute atomic E-state index is 12.6. The predicted octanol–water partition coefficient (Wildman–Crippen LogP) is 4.24. The predicted molar refractivity (Wildman–Crippen MR) is 114 cm³/mol. The lowest BCUT2D eigenvalue weighted by Gasteiger charge is -2.27. The largest absolute Gasteiger partial charge is 0.507 e. The zero-order valence-corrected chi connectivity index (χ0v) is 16.9. The van der Waals surface area contributed by atoms with Crippen molar-refractivity contribution < 1.29 is 29.2 Å². The molecule has 0 radical (unpaired) electrons. The number of phenolic OH excluding ortho intramolecular Hbond substituents is 1. The van der Waals surface area contributed by atoms with Crippen LogP contribution in [0.3, 0.4) is 0 Å². The Labute approximate surface area is 174 Å². The second-order valence-electron chi connectivity index (χ2n) is 6.69. The molecule has 3 aromatic rings. The fraction of sp³-hybridized carbons (Fsp3) is 0.261. The molecule has 7 heteroatoms. The van der Waals surface area contributed by atoms with Crippen molar-refractivity contribution in [3.63, 3.8) is 0 Å². The lowest BCUT2D eigenvalue weighted by Crippen LogP contribution is -2.29. The number of carbonyl (C=O) groups excluding carboxylic acids is 1. The van der Waals surface area contributed by atoms with E-state index < -0.39 is 18.3 Å². The molecule has 0 aromatic heterocycles. The molecule has 158 valence electrons. The summed E-state index contributed by atoms with van der Waals surface area (Å²) in [4.78, 5) is 12.6. The van der Waals surface area contributed by atoms with Crippen molar-refractivity contribution >= 4 is 22.6 Å². The smallest absolute Gasteiger partial charge is 0.412 e. The Balaban J connectivity index is 1.91. The van der Waals surface area contributed by atoms with Crippen LogP contribution in [0.1, 0.15) is 18.1 Å². The number of rotatable bonds is 8. The number of methoxy groups -OCH3 is 2. The lowest BCUT2D eigenvalue weighted by atomic mass is 9.95. The van der Waals surface area contributed by atoms with E-state index in [4.69, 9.17) is 14.2 Å². The Morgan fingerprint density at radius 3 is 2.33 bits per heavy atom. The van der Waals surface area contributed by atoms with E-state index in [1.807, 2.05) is 18.2 Å². The third-order valence-electron chi connectivity index (χ3n) is 4.87. The molecule has 2 atom stereocenters. The molecule has 0 bridgehead atoms. The van der Waals surface area contributed by atoms with Crippen molar-refractivity contribution in [3.05, 3.63) is 66.2 Å². The van der Waals surface area contributed by atoms with Crippen molar-refractivity contribution in [1.82, 2.24) is 0 Å². The number of amides is 1. The maximum Gasteiger partial charge on any atom is 0.412 e. The number of aliphatic hydroxyl groups excluding tert-OH is 1. The molecule has 0 aliphatic heterocycles. The Hall–Kier alpha value is -3.29. The van der Waals surface area contributed by atoms with Gasteiger partial charge in [0.1, 0.15) is 17.6 Å². The summed E-state index contributed by atoms with van der Waals surface area (Å²) in [6.07, 6.45) is -1.77. The first-order valence-electron chi connectivity index (χ1n) is 9.53. The summed E-state index contributed by atoms with van der Waals surface area (Å²) >= 11 is 0. The Morgan fingerprint density at radius 2 is 1.70 bits per heavy atom. The van der Waals surface area contributed by atoms with Crippen LogP contribution in [0.2, 0.25) is 0 Å². The normalized spacial score (nSPS) is 12.9. The van der Waals surface area contributed by atoms with Crippen LogP contribution < -0.4 is 10.1 Å². The van der Waals surface area contributed by atoms with Crippen LogP contribution in [0.5, 0.6) is 11.5 Å². The highest BCUT2D eigenvalue weighted by molar-refractivity contribution is 5.91. The number of phenols is 1. The molecule has 0 unspecified atom stereocenters. The summed E-state index contributed by atoms with van der Waals surface area (Å²) in [6.45, 7) is -0.130. The molecule has 0 saturated heterocycles. The number of benzene rings is 3. The summed E-state index contributed by atoms with van der Waals surface area (Å²) in [6, 6.07) is 17.4. The van der Waals surface area contributed by atoms with Crippen LogP contribution in [0.25, 0.3) is 10.8 Å².